The van der Waals surface area contributed by atoms with Gasteiger partial charge in [0.1, 0.15) is 11.3 Å². The summed E-state index contributed by atoms with van der Waals surface area (Å²) in [6.07, 6.45) is 0.546. The van der Waals surface area contributed by atoms with Crippen LogP contribution < -0.4 is 10.2 Å². The zero-order valence-corrected chi connectivity index (χ0v) is 23.8. The monoisotopic (exact) mass is 594 g/mol. The first kappa shape index (κ1) is 29.0. The van der Waals surface area contributed by atoms with Crippen LogP contribution in [0, 0.1) is 0 Å². The van der Waals surface area contributed by atoms with Crippen molar-refractivity contribution in [3.63, 3.8) is 0 Å². The number of carbonyl (C=O) groups is 1. The number of morpholine rings is 1. The van der Waals surface area contributed by atoms with Gasteiger partial charge in [-0.15, -0.1) is 5.10 Å². The van der Waals surface area contributed by atoms with E-state index in [1.807, 2.05) is 19.2 Å². The Morgan fingerprint density at radius 1 is 1.22 bits per heavy atom. The zero-order chi connectivity index (χ0) is 29.3. The first-order valence-corrected chi connectivity index (χ1v) is 14.9. The minimum absolute atomic E-state index is 0.0166. The number of alkyl halides is 2. The number of hydrogen-bond acceptors (Lipinski definition) is 10. The van der Waals surface area contributed by atoms with E-state index in [-0.39, 0.29) is 28.8 Å². The normalized spacial score (nSPS) is 19.2. The molecule has 2 aliphatic rings. The second-order valence-electron chi connectivity index (χ2n) is 10.1. The van der Waals surface area contributed by atoms with Gasteiger partial charge in [-0.25, -0.2) is 36.5 Å². The van der Waals surface area contributed by atoms with E-state index in [4.69, 9.17) is 9.72 Å². The summed E-state index contributed by atoms with van der Waals surface area (Å²) in [5, 5.41) is 6.89. The molecule has 0 aliphatic carbocycles. The number of pyridine rings is 1. The Bertz CT molecular complexity index is 1530. The van der Waals surface area contributed by atoms with Crippen molar-refractivity contribution in [1.29, 1.82) is 0 Å². The summed E-state index contributed by atoms with van der Waals surface area (Å²) < 4.78 is 65.4. The van der Waals surface area contributed by atoms with Crippen LogP contribution in [0.25, 0.3) is 16.9 Å². The number of hydrogen-bond donors (Lipinski definition) is 1. The average Bonchev–Trinajstić information content (AvgIpc) is 3.35. The van der Waals surface area contributed by atoms with Gasteiger partial charge in [-0.05, 0) is 24.6 Å². The number of aromatic nitrogens is 4. The number of fused-ring (bicyclic) bond motifs is 1. The molecule has 16 heteroatoms. The molecule has 222 valence electrons. The van der Waals surface area contributed by atoms with Gasteiger partial charge in [0.15, 0.2) is 11.6 Å². The van der Waals surface area contributed by atoms with Crippen molar-refractivity contribution in [1.82, 2.24) is 28.8 Å². The van der Waals surface area contributed by atoms with E-state index >= 15 is 0 Å². The van der Waals surface area contributed by atoms with Crippen LogP contribution in [0.15, 0.2) is 24.5 Å². The van der Waals surface area contributed by atoms with Gasteiger partial charge in [0, 0.05) is 62.8 Å². The predicted octanol–water partition coefficient (Wildman–Crippen LogP) is 2.21. The molecule has 5 rings (SSSR count). The number of ether oxygens (including phenoxy) is 2. The second kappa shape index (κ2) is 11.8. The van der Waals surface area contributed by atoms with Gasteiger partial charge in [0.2, 0.25) is 10.0 Å². The molecule has 0 unspecified atom stereocenters. The smallest absolute Gasteiger partial charge is 0.412 e. The molecule has 5 heterocycles. The van der Waals surface area contributed by atoms with Gasteiger partial charge in [0.25, 0.3) is 6.43 Å². The van der Waals surface area contributed by atoms with Crippen molar-refractivity contribution < 1.29 is 31.5 Å². The summed E-state index contributed by atoms with van der Waals surface area (Å²) in [7, 11) is -2.07. The second-order valence-corrected chi connectivity index (χ2v) is 12.0. The van der Waals surface area contributed by atoms with Crippen molar-refractivity contribution in [3.05, 3.63) is 35.7 Å². The highest BCUT2D eigenvalue weighted by molar-refractivity contribution is 7.88. The maximum absolute atomic E-state index is 14.2. The van der Waals surface area contributed by atoms with Crippen LogP contribution >= 0.6 is 0 Å². The van der Waals surface area contributed by atoms with Gasteiger partial charge >= 0.3 is 6.09 Å². The van der Waals surface area contributed by atoms with Crippen molar-refractivity contribution in [2.45, 2.75) is 25.9 Å². The van der Waals surface area contributed by atoms with Gasteiger partial charge in [-0.3, -0.25) is 10.2 Å². The Labute approximate surface area is 236 Å². The number of piperazine rings is 1. The van der Waals surface area contributed by atoms with E-state index in [0.717, 1.165) is 18.7 Å². The SMILES string of the molecule is COC(=O)Nc1cc(C(F)F)c(-c2nc(N3CCOC[C@@H]3C)c3cc(CN4CCN(S(C)(=O)=O)CC4)cn3n2)cn1. The fourth-order valence-corrected chi connectivity index (χ4v) is 5.86. The summed E-state index contributed by atoms with van der Waals surface area (Å²) in [6.45, 7) is 6.09. The van der Waals surface area contributed by atoms with Crippen LogP contribution in [0.4, 0.5) is 25.2 Å². The number of anilines is 2. The number of sulfonamides is 1. The molecule has 0 bridgehead atoms. The van der Waals surface area contributed by atoms with Gasteiger partial charge in [-0.2, -0.15) is 4.31 Å². The number of halogens is 2. The summed E-state index contributed by atoms with van der Waals surface area (Å²) in [6, 6.07) is 3.04. The molecule has 3 aromatic heterocycles. The van der Waals surface area contributed by atoms with Crippen LogP contribution in [-0.2, 0) is 26.0 Å². The third kappa shape index (κ3) is 6.39. The van der Waals surface area contributed by atoms with E-state index in [2.05, 4.69) is 29.9 Å². The fourth-order valence-electron chi connectivity index (χ4n) is 5.03. The number of carbonyl (C=O) groups excluding carboxylic acids is 1. The minimum Gasteiger partial charge on any atom is -0.453 e. The quantitative estimate of drug-likeness (QED) is 0.434. The predicted molar refractivity (Wildman–Crippen MR) is 147 cm³/mol. The third-order valence-corrected chi connectivity index (χ3v) is 8.48. The van der Waals surface area contributed by atoms with Gasteiger partial charge < -0.3 is 14.4 Å². The molecular formula is C25H32F2N8O5S. The molecule has 1 atom stereocenters. The van der Waals surface area contributed by atoms with Crippen LogP contribution in [0.2, 0.25) is 0 Å². The van der Waals surface area contributed by atoms with Crippen molar-refractivity contribution in [3.8, 4) is 11.4 Å². The molecule has 2 saturated heterocycles. The average molecular weight is 595 g/mol. The number of nitrogens with zero attached hydrogens (tertiary/aromatic N) is 7. The Morgan fingerprint density at radius 3 is 2.63 bits per heavy atom. The number of amides is 1. The lowest BCUT2D eigenvalue weighted by molar-refractivity contribution is 0.0986. The summed E-state index contributed by atoms with van der Waals surface area (Å²) in [5.74, 6) is 0.552. The van der Waals surface area contributed by atoms with E-state index < -0.39 is 22.5 Å². The van der Waals surface area contributed by atoms with E-state index in [9.17, 15) is 22.0 Å². The molecule has 1 amide bonds. The number of rotatable bonds is 7. The highest BCUT2D eigenvalue weighted by atomic mass is 32.2. The van der Waals surface area contributed by atoms with Crippen LogP contribution in [-0.4, -0.2) is 109 Å². The lowest BCUT2D eigenvalue weighted by Crippen LogP contribution is -2.47. The fraction of sp³-hybridized carbons (Fsp3) is 0.520. The molecular weight excluding hydrogens is 562 g/mol. The van der Waals surface area contributed by atoms with E-state index in [1.165, 1.54) is 16.8 Å². The van der Waals surface area contributed by atoms with Crippen LogP contribution in [0.3, 0.4) is 0 Å². The number of methoxy groups -OCH3 is 1. The van der Waals surface area contributed by atoms with Gasteiger partial charge in [-0.1, -0.05) is 0 Å². The lowest BCUT2D eigenvalue weighted by atomic mass is 10.1. The van der Waals surface area contributed by atoms with Crippen LogP contribution in [0.1, 0.15) is 24.5 Å². The summed E-state index contributed by atoms with van der Waals surface area (Å²) in [4.78, 5) is 24.7. The maximum atomic E-state index is 14.2. The molecule has 0 radical (unpaired) electrons. The highest BCUT2D eigenvalue weighted by Gasteiger charge is 2.27. The zero-order valence-electron chi connectivity index (χ0n) is 23.0. The molecule has 0 saturated carbocycles. The van der Waals surface area contributed by atoms with E-state index in [1.54, 1.807) is 4.52 Å². The molecule has 3 aromatic rings. The minimum atomic E-state index is -3.23. The lowest BCUT2D eigenvalue weighted by Gasteiger charge is -2.34. The molecule has 13 nitrogen and oxygen atoms in total. The van der Waals surface area contributed by atoms with Gasteiger partial charge in [0.05, 0.1) is 32.6 Å². The Kier molecular flexibility index (Phi) is 8.35. The van der Waals surface area contributed by atoms with Crippen molar-refractivity contribution in [2.24, 2.45) is 0 Å². The third-order valence-electron chi connectivity index (χ3n) is 7.17. The molecule has 2 fully saturated rings. The molecule has 41 heavy (non-hydrogen) atoms. The van der Waals surface area contributed by atoms with E-state index in [0.29, 0.717) is 63.8 Å². The Hall–Kier alpha value is -3.47. The maximum Gasteiger partial charge on any atom is 0.412 e. The largest absolute Gasteiger partial charge is 0.453 e. The summed E-state index contributed by atoms with van der Waals surface area (Å²) >= 11 is 0. The first-order valence-electron chi connectivity index (χ1n) is 13.1. The summed E-state index contributed by atoms with van der Waals surface area (Å²) in [5.41, 5.74) is 1.29. The highest BCUT2D eigenvalue weighted by Crippen LogP contribution is 2.33. The first-order chi connectivity index (χ1) is 19.5. The Morgan fingerprint density at radius 2 is 1.98 bits per heavy atom. The van der Waals surface area contributed by atoms with Crippen molar-refractivity contribution >= 4 is 33.3 Å². The number of nitrogens with one attached hydrogen (secondary N) is 1. The molecule has 1 N–H and O–H groups in total. The van der Waals surface area contributed by atoms with Crippen LogP contribution in [0.5, 0.6) is 0 Å². The Balaban J connectivity index is 1.52. The molecule has 2 aliphatic heterocycles. The molecule has 0 aromatic carbocycles. The standard InChI is InChI=1S/C25H32F2N8O5S/c1-16-15-40-9-8-34(16)24-20-10-17(13-32-4-6-33(7-5-32)41(3,37)38)14-35(20)31-23(30-24)19-12-28-21(29-25(36)39-2)11-18(19)22(26)27/h10-12,14,16,22H,4-9,13,15H2,1-3H3,(H,28,29,36)/t16-/m0/s1. The molecule has 0 spiro atoms. The van der Waals surface area contributed by atoms with Crippen molar-refractivity contribution in [2.75, 3.05) is 69.5 Å². The topological polar surface area (TPSA) is 134 Å².